The van der Waals surface area contributed by atoms with Gasteiger partial charge in [-0.3, -0.25) is 10.1 Å². The lowest BCUT2D eigenvalue weighted by molar-refractivity contribution is -0.384. The number of nitrogens with zero attached hydrogens (tertiary/aromatic N) is 3. The van der Waals surface area contributed by atoms with E-state index in [0.29, 0.717) is 18.1 Å². The molecule has 0 saturated carbocycles. The minimum atomic E-state index is -0.424. The predicted molar refractivity (Wildman–Crippen MR) is 79.9 cm³/mol. The fourth-order valence-electron chi connectivity index (χ4n) is 1.94. The van der Waals surface area contributed by atoms with E-state index >= 15 is 0 Å². The van der Waals surface area contributed by atoms with Crippen LogP contribution in [0.15, 0.2) is 0 Å². The Morgan fingerprint density at radius 2 is 2.00 bits per heavy atom. The monoisotopic (exact) mass is 283 g/mol. The Labute approximate surface area is 119 Å². The number of anilines is 1. The summed E-state index contributed by atoms with van der Waals surface area (Å²) in [5, 5.41) is 18.9. The lowest BCUT2D eigenvalue weighted by Gasteiger charge is -2.34. The van der Waals surface area contributed by atoms with Crippen molar-refractivity contribution in [1.29, 1.82) is 0 Å². The molecule has 7 nitrogen and oxygen atoms in total. The third-order valence-electron chi connectivity index (χ3n) is 3.88. The molecule has 20 heavy (non-hydrogen) atoms. The second-order valence-electron chi connectivity index (χ2n) is 6.02. The highest BCUT2D eigenvalue weighted by atomic mass is 16.6. The molecule has 0 aliphatic rings. The van der Waals surface area contributed by atoms with Crippen molar-refractivity contribution in [1.82, 2.24) is 9.78 Å². The summed E-state index contributed by atoms with van der Waals surface area (Å²) >= 11 is 0. The molecular formula is C13H25N5O2. The predicted octanol–water partition coefficient (Wildman–Crippen LogP) is 2.24. The van der Waals surface area contributed by atoms with E-state index in [0.717, 1.165) is 0 Å². The minimum absolute atomic E-state index is 0.0136. The number of hydrogen-bond acceptors (Lipinski definition) is 5. The summed E-state index contributed by atoms with van der Waals surface area (Å²) in [6, 6.07) is 0. The van der Waals surface area contributed by atoms with Gasteiger partial charge in [-0.15, -0.1) is 0 Å². The van der Waals surface area contributed by atoms with Crippen molar-refractivity contribution in [2.24, 2.45) is 18.7 Å². The molecular weight excluding hydrogens is 258 g/mol. The van der Waals surface area contributed by atoms with Gasteiger partial charge >= 0.3 is 5.69 Å². The van der Waals surface area contributed by atoms with Gasteiger partial charge in [-0.25, -0.2) is 4.68 Å². The number of rotatable bonds is 6. The lowest BCUT2D eigenvalue weighted by atomic mass is 9.88. The lowest BCUT2D eigenvalue weighted by Crippen LogP contribution is -2.47. The molecule has 1 rings (SSSR count). The minimum Gasteiger partial charge on any atom is -0.358 e. The molecule has 1 heterocycles. The molecule has 0 aromatic carbocycles. The van der Waals surface area contributed by atoms with Crippen LogP contribution in [-0.2, 0) is 7.05 Å². The molecule has 3 N–H and O–H groups in total. The summed E-state index contributed by atoms with van der Waals surface area (Å²) < 4.78 is 1.53. The highest BCUT2D eigenvalue weighted by molar-refractivity contribution is 5.61. The van der Waals surface area contributed by atoms with E-state index in [4.69, 9.17) is 5.73 Å². The third-order valence-corrected chi connectivity index (χ3v) is 3.88. The van der Waals surface area contributed by atoms with Crippen LogP contribution < -0.4 is 11.1 Å². The largest absolute Gasteiger partial charge is 0.358 e. The van der Waals surface area contributed by atoms with E-state index in [1.54, 1.807) is 7.05 Å². The third kappa shape index (κ3) is 2.92. The van der Waals surface area contributed by atoms with Crippen molar-refractivity contribution in [3.8, 4) is 0 Å². The highest BCUT2D eigenvalue weighted by Gasteiger charge is 2.34. The van der Waals surface area contributed by atoms with E-state index in [2.05, 4.69) is 10.4 Å². The maximum absolute atomic E-state index is 11.4. The Morgan fingerprint density at radius 3 is 2.35 bits per heavy atom. The van der Waals surface area contributed by atoms with Crippen molar-refractivity contribution in [3.05, 3.63) is 15.8 Å². The van der Waals surface area contributed by atoms with Gasteiger partial charge in [0, 0.05) is 19.5 Å². The Kier molecular flexibility index (Phi) is 4.75. The average molecular weight is 283 g/mol. The van der Waals surface area contributed by atoms with Crippen molar-refractivity contribution in [2.45, 2.75) is 46.1 Å². The Morgan fingerprint density at radius 1 is 1.45 bits per heavy atom. The van der Waals surface area contributed by atoms with Gasteiger partial charge in [0.25, 0.3) is 0 Å². The van der Waals surface area contributed by atoms with Crippen LogP contribution in [0.4, 0.5) is 11.5 Å². The standard InChI is InChI=1S/C13H25N5O2/c1-8(2)10-11(18(19)20)12(17(6)16-10)15-13(5,7-14)9(3)4/h8-9,15H,7,14H2,1-6H3. The first kappa shape index (κ1) is 16.4. The van der Waals surface area contributed by atoms with Gasteiger partial charge in [0.05, 0.1) is 10.5 Å². The molecule has 0 amide bonds. The summed E-state index contributed by atoms with van der Waals surface area (Å²) in [7, 11) is 1.71. The molecule has 1 aromatic heterocycles. The van der Waals surface area contributed by atoms with Crippen molar-refractivity contribution < 1.29 is 4.92 Å². The first-order chi connectivity index (χ1) is 9.14. The quantitative estimate of drug-likeness (QED) is 0.616. The van der Waals surface area contributed by atoms with Gasteiger partial charge in [-0.2, -0.15) is 5.10 Å². The van der Waals surface area contributed by atoms with Crippen LogP contribution in [0.5, 0.6) is 0 Å². The Hall–Kier alpha value is -1.63. The summed E-state index contributed by atoms with van der Waals surface area (Å²) in [4.78, 5) is 11.0. The smallest absolute Gasteiger partial charge is 0.334 e. The van der Waals surface area contributed by atoms with Gasteiger partial charge in [-0.1, -0.05) is 27.7 Å². The normalized spacial score (nSPS) is 14.7. The topological polar surface area (TPSA) is 99.0 Å². The molecule has 1 unspecified atom stereocenters. The maximum Gasteiger partial charge on any atom is 0.334 e. The van der Waals surface area contributed by atoms with E-state index < -0.39 is 5.54 Å². The summed E-state index contributed by atoms with van der Waals surface area (Å²) in [6.07, 6.45) is 0. The summed E-state index contributed by atoms with van der Waals surface area (Å²) in [5.41, 5.74) is 5.95. The average Bonchev–Trinajstić information content (AvgIpc) is 2.66. The molecule has 0 aliphatic heterocycles. The van der Waals surface area contributed by atoms with Crippen LogP contribution in [0.3, 0.4) is 0 Å². The van der Waals surface area contributed by atoms with Gasteiger partial charge in [0.15, 0.2) is 0 Å². The van der Waals surface area contributed by atoms with Crippen molar-refractivity contribution >= 4 is 11.5 Å². The van der Waals surface area contributed by atoms with Crippen molar-refractivity contribution in [3.63, 3.8) is 0 Å². The highest BCUT2D eigenvalue weighted by Crippen LogP contribution is 2.35. The molecule has 0 saturated heterocycles. The molecule has 0 aliphatic carbocycles. The molecule has 0 bridgehead atoms. The molecule has 1 atom stereocenters. The first-order valence-corrected chi connectivity index (χ1v) is 6.83. The molecule has 1 aromatic rings. The van der Waals surface area contributed by atoms with Crippen LogP contribution >= 0.6 is 0 Å². The second kappa shape index (κ2) is 5.78. The van der Waals surface area contributed by atoms with Crippen molar-refractivity contribution in [2.75, 3.05) is 11.9 Å². The van der Waals surface area contributed by atoms with Gasteiger partial charge in [0.2, 0.25) is 5.82 Å². The number of aryl methyl sites for hydroxylation is 1. The van der Waals surface area contributed by atoms with Gasteiger partial charge < -0.3 is 11.1 Å². The van der Waals surface area contributed by atoms with E-state index in [9.17, 15) is 10.1 Å². The molecule has 0 fully saturated rings. The fraction of sp³-hybridized carbons (Fsp3) is 0.769. The Bertz CT molecular complexity index is 495. The van der Waals surface area contributed by atoms with Crippen LogP contribution in [0, 0.1) is 16.0 Å². The SMILES string of the molecule is CC(C)c1nn(C)c(NC(C)(CN)C(C)C)c1[N+](=O)[O-]. The maximum atomic E-state index is 11.4. The molecule has 0 spiro atoms. The number of nitrogens with two attached hydrogens (primary N) is 1. The van der Waals surface area contributed by atoms with Crippen LogP contribution in [0.1, 0.15) is 46.2 Å². The number of nitro groups is 1. The second-order valence-corrected chi connectivity index (χ2v) is 6.02. The zero-order valence-corrected chi connectivity index (χ0v) is 13.1. The zero-order chi connectivity index (χ0) is 15.7. The zero-order valence-electron chi connectivity index (χ0n) is 13.1. The number of nitrogens with one attached hydrogen (secondary N) is 1. The fourth-order valence-corrected chi connectivity index (χ4v) is 1.94. The van der Waals surface area contributed by atoms with Crippen LogP contribution in [0.25, 0.3) is 0 Å². The van der Waals surface area contributed by atoms with E-state index in [1.165, 1.54) is 4.68 Å². The van der Waals surface area contributed by atoms with Crippen LogP contribution in [-0.4, -0.2) is 26.8 Å². The van der Waals surface area contributed by atoms with Gasteiger partial charge in [0.1, 0.15) is 5.69 Å². The first-order valence-electron chi connectivity index (χ1n) is 6.83. The molecule has 114 valence electrons. The molecule has 0 radical (unpaired) electrons. The summed E-state index contributed by atoms with van der Waals surface area (Å²) in [5.74, 6) is 0.630. The Balaban J connectivity index is 3.35. The number of aromatic nitrogens is 2. The van der Waals surface area contributed by atoms with Gasteiger partial charge in [-0.05, 0) is 12.8 Å². The summed E-state index contributed by atoms with van der Waals surface area (Å²) in [6.45, 7) is 10.2. The van der Waals surface area contributed by atoms with E-state index in [-0.39, 0.29) is 22.4 Å². The van der Waals surface area contributed by atoms with Crippen LogP contribution in [0.2, 0.25) is 0 Å². The molecule has 7 heteroatoms. The number of hydrogen-bond donors (Lipinski definition) is 2. The van der Waals surface area contributed by atoms with E-state index in [1.807, 2.05) is 34.6 Å².